The van der Waals surface area contributed by atoms with Crippen molar-refractivity contribution in [1.29, 1.82) is 0 Å². The van der Waals surface area contributed by atoms with Crippen LogP contribution in [0.1, 0.15) is 38.2 Å². The molecule has 1 atom stereocenters. The topological polar surface area (TPSA) is 117 Å². The van der Waals surface area contributed by atoms with Gasteiger partial charge in [-0.1, -0.05) is 29.0 Å². The molecule has 2 aromatic heterocycles. The number of amides is 3. The number of carbonyl (C=O) groups excluding carboxylic acids is 3. The lowest BCUT2D eigenvalue weighted by molar-refractivity contribution is -0.126. The highest BCUT2D eigenvalue weighted by Gasteiger charge is 2.31. The summed E-state index contributed by atoms with van der Waals surface area (Å²) in [4.78, 5) is 39.4. The second-order valence-electron chi connectivity index (χ2n) is 7.26. The molecule has 0 spiro atoms. The number of anilines is 1. The summed E-state index contributed by atoms with van der Waals surface area (Å²) in [5.74, 6) is -0.594. The molecular weight excluding hydrogens is 454 g/mol. The summed E-state index contributed by atoms with van der Waals surface area (Å²) in [7, 11) is 0. The van der Waals surface area contributed by atoms with E-state index in [0.717, 1.165) is 11.3 Å². The van der Waals surface area contributed by atoms with Crippen LogP contribution < -0.4 is 10.6 Å². The van der Waals surface area contributed by atoms with Gasteiger partial charge in [-0.05, 0) is 43.2 Å². The number of rotatable bonds is 6. The van der Waals surface area contributed by atoms with Crippen LogP contribution in [-0.4, -0.2) is 45.9 Å². The van der Waals surface area contributed by atoms with Gasteiger partial charge in [-0.25, -0.2) is 0 Å². The third-order valence-electron chi connectivity index (χ3n) is 4.98. The van der Waals surface area contributed by atoms with Crippen molar-refractivity contribution in [2.75, 3.05) is 18.4 Å². The number of likely N-dealkylation sites (tertiary alicyclic amines) is 1. The molecule has 0 aliphatic carbocycles. The van der Waals surface area contributed by atoms with Crippen molar-refractivity contribution in [2.45, 2.75) is 19.4 Å². The summed E-state index contributed by atoms with van der Waals surface area (Å²) >= 11 is 6.84. The molecule has 0 saturated carbocycles. The third kappa shape index (κ3) is 5.32. The van der Waals surface area contributed by atoms with Crippen LogP contribution in [0.25, 0.3) is 0 Å². The van der Waals surface area contributed by atoms with Crippen molar-refractivity contribution in [3.8, 4) is 0 Å². The first-order chi connectivity index (χ1) is 15.5. The fourth-order valence-corrected chi connectivity index (χ4v) is 4.29. The van der Waals surface area contributed by atoms with E-state index in [-0.39, 0.29) is 34.3 Å². The standard InChI is InChI=1S/C21H20ClN5O4S/c22-14-5-1-6-15(10-14)24-18(29)19-25-26-20(32-19)21(30)27-8-2-4-13(12-27)17(28)23-11-16-7-3-9-31-16/h1,3,5-7,9-10,13H,2,4,8,11-12H2,(H,23,28)(H,24,29)/t13-/m0/s1. The maximum atomic E-state index is 12.9. The van der Waals surface area contributed by atoms with Gasteiger partial charge in [0.05, 0.1) is 18.7 Å². The predicted octanol–water partition coefficient (Wildman–Crippen LogP) is 3.21. The van der Waals surface area contributed by atoms with Gasteiger partial charge in [-0.2, -0.15) is 0 Å². The molecule has 1 saturated heterocycles. The van der Waals surface area contributed by atoms with E-state index < -0.39 is 5.91 Å². The summed E-state index contributed by atoms with van der Waals surface area (Å²) in [6.45, 7) is 1.11. The molecular formula is C21H20ClN5O4S. The molecule has 1 aromatic carbocycles. The zero-order valence-electron chi connectivity index (χ0n) is 16.9. The largest absolute Gasteiger partial charge is 0.467 e. The van der Waals surface area contributed by atoms with Gasteiger partial charge in [0.15, 0.2) is 0 Å². The number of aromatic nitrogens is 2. The molecule has 32 heavy (non-hydrogen) atoms. The normalized spacial score (nSPS) is 15.9. The van der Waals surface area contributed by atoms with Gasteiger partial charge < -0.3 is 20.0 Å². The minimum atomic E-state index is -0.474. The van der Waals surface area contributed by atoms with E-state index >= 15 is 0 Å². The highest BCUT2D eigenvalue weighted by atomic mass is 35.5. The van der Waals surface area contributed by atoms with Crippen molar-refractivity contribution < 1.29 is 18.8 Å². The average Bonchev–Trinajstić information content (AvgIpc) is 3.49. The summed E-state index contributed by atoms with van der Waals surface area (Å²) in [6.07, 6.45) is 2.94. The van der Waals surface area contributed by atoms with Crippen LogP contribution in [0.5, 0.6) is 0 Å². The average molecular weight is 474 g/mol. The molecule has 1 aliphatic rings. The predicted molar refractivity (Wildman–Crippen MR) is 118 cm³/mol. The maximum absolute atomic E-state index is 12.9. The first-order valence-electron chi connectivity index (χ1n) is 9.99. The Balaban J connectivity index is 1.35. The number of benzene rings is 1. The Morgan fingerprint density at radius 2 is 2.03 bits per heavy atom. The Labute approximate surface area is 192 Å². The number of nitrogens with zero attached hydrogens (tertiary/aromatic N) is 3. The van der Waals surface area contributed by atoms with E-state index in [0.29, 0.717) is 42.4 Å². The molecule has 0 unspecified atom stereocenters. The number of hydrogen-bond acceptors (Lipinski definition) is 7. The molecule has 166 valence electrons. The second-order valence-corrected chi connectivity index (χ2v) is 8.68. The molecule has 4 rings (SSSR count). The van der Waals surface area contributed by atoms with E-state index in [9.17, 15) is 14.4 Å². The molecule has 0 bridgehead atoms. The highest BCUT2D eigenvalue weighted by molar-refractivity contribution is 7.15. The van der Waals surface area contributed by atoms with Crippen molar-refractivity contribution in [3.63, 3.8) is 0 Å². The van der Waals surface area contributed by atoms with E-state index in [1.807, 2.05) is 0 Å². The van der Waals surface area contributed by atoms with Gasteiger partial charge in [0, 0.05) is 23.8 Å². The van der Waals surface area contributed by atoms with Crippen molar-refractivity contribution in [1.82, 2.24) is 20.4 Å². The smallest absolute Gasteiger partial charge is 0.286 e. The number of halogens is 1. The van der Waals surface area contributed by atoms with Crippen LogP contribution in [-0.2, 0) is 11.3 Å². The zero-order chi connectivity index (χ0) is 22.5. The lowest BCUT2D eigenvalue weighted by Gasteiger charge is -2.31. The maximum Gasteiger partial charge on any atom is 0.286 e. The van der Waals surface area contributed by atoms with Crippen molar-refractivity contribution in [2.24, 2.45) is 5.92 Å². The first-order valence-corrected chi connectivity index (χ1v) is 11.2. The monoisotopic (exact) mass is 473 g/mol. The molecule has 3 amide bonds. The highest BCUT2D eigenvalue weighted by Crippen LogP contribution is 2.22. The lowest BCUT2D eigenvalue weighted by atomic mass is 9.97. The zero-order valence-corrected chi connectivity index (χ0v) is 18.5. The summed E-state index contributed by atoms with van der Waals surface area (Å²) in [6, 6.07) is 10.3. The first kappa shape index (κ1) is 22.0. The van der Waals surface area contributed by atoms with Gasteiger partial charge in [-0.15, -0.1) is 10.2 Å². The number of furan rings is 1. The van der Waals surface area contributed by atoms with Gasteiger partial charge in [0.1, 0.15) is 5.76 Å². The molecule has 1 aliphatic heterocycles. The Morgan fingerprint density at radius 3 is 2.81 bits per heavy atom. The van der Waals surface area contributed by atoms with E-state index in [1.165, 1.54) is 0 Å². The Hall–Kier alpha value is -3.24. The minimum Gasteiger partial charge on any atom is -0.467 e. The molecule has 11 heteroatoms. The van der Waals surface area contributed by atoms with Crippen LogP contribution in [0.2, 0.25) is 5.02 Å². The molecule has 9 nitrogen and oxygen atoms in total. The van der Waals surface area contributed by atoms with Gasteiger partial charge in [0.2, 0.25) is 15.9 Å². The van der Waals surface area contributed by atoms with Crippen LogP contribution in [0.3, 0.4) is 0 Å². The van der Waals surface area contributed by atoms with E-state index in [1.54, 1.807) is 47.6 Å². The fraction of sp³-hybridized carbons (Fsp3) is 0.286. The van der Waals surface area contributed by atoms with E-state index in [2.05, 4.69) is 20.8 Å². The van der Waals surface area contributed by atoms with Crippen LogP contribution in [0.4, 0.5) is 5.69 Å². The Morgan fingerprint density at radius 1 is 1.19 bits per heavy atom. The summed E-state index contributed by atoms with van der Waals surface area (Å²) in [5.41, 5.74) is 0.519. The van der Waals surface area contributed by atoms with Gasteiger partial charge in [-0.3, -0.25) is 14.4 Å². The third-order valence-corrected chi connectivity index (χ3v) is 6.13. The Bertz CT molecular complexity index is 1120. The summed E-state index contributed by atoms with van der Waals surface area (Å²) < 4.78 is 5.22. The van der Waals surface area contributed by atoms with Crippen LogP contribution in [0, 0.1) is 5.92 Å². The number of hydrogen-bond donors (Lipinski definition) is 2. The number of nitrogens with one attached hydrogen (secondary N) is 2. The molecule has 2 N–H and O–H groups in total. The van der Waals surface area contributed by atoms with Gasteiger partial charge in [0.25, 0.3) is 11.8 Å². The van der Waals surface area contributed by atoms with Crippen molar-refractivity contribution in [3.05, 3.63) is 63.5 Å². The van der Waals surface area contributed by atoms with E-state index in [4.69, 9.17) is 16.0 Å². The van der Waals surface area contributed by atoms with Crippen LogP contribution >= 0.6 is 22.9 Å². The molecule has 3 aromatic rings. The molecule has 0 radical (unpaired) electrons. The lowest BCUT2D eigenvalue weighted by Crippen LogP contribution is -2.45. The minimum absolute atomic E-state index is 0.0677. The number of carbonyl (C=O) groups is 3. The summed E-state index contributed by atoms with van der Waals surface area (Å²) in [5, 5.41) is 13.9. The number of piperidine rings is 1. The second kappa shape index (κ2) is 9.92. The Kier molecular flexibility index (Phi) is 6.81. The fourth-order valence-electron chi connectivity index (χ4n) is 3.39. The SMILES string of the molecule is O=C(Nc1cccc(Cl)c1)c1nnc(C(=O)N2CCC[C@H](C(=O)NCc3ccco3)C2)s1. The molecule has 1 fully saturated rings. The van der Waals surface area contributed by atoms with Crippen LogP contribution in [0.15, 0.2) is 47.1 Å². The van der Waals surface area contributed by atoms with Gasteiger partial charge >= 0.3 is 0 Å². The quantitative estimate of drug-likeness (QED) is 0.567. The van der Waals surface area contributed by atoms with Crippen molar-refractivity contribution >= 4 is 46.3 Å². The molecule has 3 heterocycles.